The number of methoxy groups -OCH3 is 2. The van der Waals surface area contributed by atoms with Gasteiger partial charge in [0.25, 0.3) is 5.91 Å². The van der Waals surface area contributed by atoms with Gasteiger partial charge in [0, 0.05) is 12.0 Å². The molecule has 1 aliphatic rings. The van der Waals surface area contributed by atoms with Crippen LogP contribution < -0.4 is 14.8 Å². The molecule has 0 saturated carbocycles. The molecule has 4 N–H and O–H groups in total. The number of benzene rings is 4. The van der Waals surface area contributed by atoms with Crippen LogP contribution in [0.5, 0.6) is 11.5 Å². The molecular formula is C38H35N5O6S. The standard InChI is InChI=1S/C38H35N5O6S/c1-46-27-17-13-25(14-18-27)38(24-11-7-4-8-12-24,26-15-19-28(47-2)20-16-26)48-22-31-29(44)21-30(49-31)33-40-34(32-35(41-33)43-37(50)39-32)42-36(45)23-9-5-3-6-10-23/h3-20,29-31,44H,21-22H2,1-2H3,(H3,39,40,41,42,43,45,50)/t29-,30-,31-/m1/s1. The highest BCUT2D eigenvalue weighted by molar-refractivity contribution is 7.71. The van der Waals surface area contributed by atoms with Crippen LogP contribution in [0.1, 0.15) is 45.4 Å². The lowest BCUT2D eigenvalue weighted by Gasteiger charge is -2.37. The zero-order chi connectivity index (χ0) is 34.7. The van der Waals surface area contributed by atoms with Gasteiger partial charge >= 0.3 is 0 Å². The van der Waals surface area contributed by atoms with Gasteiger partial charge in [0.1, 0.15) is 34.8 Å². The maximum atomic E-state index is 13.1. The molecule has 1 fully saturated rings. The Kier molecular flexibility index (Phi) is 9.42. The van der Waals surface area contributed by atoms with Crippen molar-refractivity contribution in [3.05, 3.63) is 142 Å². The number of rotatable bonds is 11. The molecule has 7 rings (SSSR count). The molecule has 0 aliphatic carbocycles. The molecule has 0 spiro atoms. The molecule has 254 valence electrons. The van der Waals surface area contributed by atoms with E-state index in [1.807, 2.05) is 84.9 Å². The number of nitrogens with zero attached hydrogens (tertiary/aromatic N) is 2. The summed E-state index contributed by atoms with van der Waals surface area (Å²) in [5.74, 6) is 1.60. The van der Waals surface area contributed by atoms with Gasteiger partial charge in [-0.1, -0.05) is 72.8 Å². The smallest absolute Gasteiger partial charge is 0.256 e. The van der Waals surface area contributed by atoms with Crippen molar-refractivity contribution < 1.29 is 28.8 Å². The number of anilines is 1. The van der Waals surface area contributed by atoms with E-state index in [1.54, 1.807) is 38.5 Å². The summed E-state index contributed by atoms with van der Waals surface area (Å²) in [6.07, 6.45) is -2.11. The molecule has 3 atom stereocenters. The number of aliphatic hydroxyl groups excluding tert-OH is 1. The highest BCUT2D eigenvalue weighted by Crippen LogP contribution is 2.43. The fraction of sp³-hybridized carbons (Fsp3) is 0.211. The van der Waals surface area contributed by atoms with Crippen LogP contribution in [0, 0.1) is 4.77 Å². The Bertz CT molecular complexity index is 2090. The Hall–Kier alpha value is -5.40. The van der Waals surface area contributed by atoms with Crippen molar-refractivity contribution >= 4 is 35.1 Å². The lowest BCUT2D eigenvalue weighted by molar-refractivity contribution is -0.0837. The Morgan fingerprint density at radius 1 is 0.860 bits per heavy atom. The normalized spacial score (nSPS) is 17.5. The highest BCUT2D eigenvalue weighted by Gasteiger charge is 2.42. The number of hydrogen-bond donors (Lipinski definition) is 4. The van der Waals surface area contributed by atoms with Gasteiger partial charge < -0.3 is 39.3 Å². The molecule has 1 amide bonds. The molecule has 12 heteroatoms. The van der Waals surface area contributed by atoms with E-state index in [0.717, 1.165) is 16.7 Å². The number of aromatic nitrogens is 4. The number of H-pyrrole nitrogens is 2. The Morgan fingerprint density at radius 3 is 2.04 bits per heavy atom. The number of amides is 1. The van der Waals surface area contributed by atoms with Gasteiger partial charge in [-0.2, -0.15) is 0 Å². The van der Waals surface area contributed by atoms with Crippen molar-refractivity contribution in [3.8, 4) is 11.5 Å². The summed E-state index contributed by atoms with van der Waals surface area (Å²) in [5.41, 5.74) is 2.83. The van der Waals surface area contributed by atoms with Crippen molar-refractivity contribution in [2.45, 2.75) is 30.3 Å². The third-order valence-electron chi connectivity index (χ3n) is 8.81. The highest BCUT2D eigenvalue weighted by atomic mass is 32.1. The molecule has 1 aliphatic heterocycles. The minimum atomic E-state index is -1.09. The first kappa shape index (κ1) is 33.1. The zero-order valence-corrected chi connectivity index (χ0v) is 28.1. The third-order valence-corrected chi connectivity index (χ3v) is 9.02. The van der Waals surface area contributed by atoms with Gasteiger partial charge in [0.05, 0.1) is 26.9 Å². The average molecular weight is 690 g/mol. The zero-order valence-electron chi connectivity index (χ0n) is 27.3. The summed E-state index contributed by atoms with van der Waals surface area (Å²) in [7, 11) is 3.25. The fourth-order valence-electron chi connectivity index (χ4n) is 6.27. The molecule has 6 aromatic rings. The van der Waals surface area contributed by atoms with Gasteiger partial charge in [-0.15, -0.1) is 0 Å². The molecule has 0 unspecified atom stereocenters. The summed E-state index contributed by atoms with van der Waals surface area (Å²) in [6.45, 7) is 0.0249. The monoisotopic (exact) mass is 689 g/mol. The summed E-state index contributed by atoms with van der Waals surface area (Å²) in [5, 5.41) is 14.2. The molecule has 3 heterocycles. The van der Waals surface area contributed by atoms with Crippen LogP contribution in [0.15, 0.2) is 109 Å². The number of aliphatic hydroxyl groups is 1. The van der Waals surface area contributed by atoms with Gasteiger partial charge in [-0.05, 0) is 65.3 Å². The quantitative estimate of drug-likeness (QED) is 0.0887. The van der Waals surface area contributed by atoms with Crippen molar-refractivity contribution in [1.29, 1.82) is 0 Å². The van der Waals surface area contributed by atoms with Gasteiger partial charge in [-0.3, -0.25) is 4.79 Å². The van der Waals surface area contributed by atoms with E-state index in [4.69, 9.17) is 31.2 Å². The van der Waals surface area contributed by atoms with Gasteiger partial charge in [-0.25, -0.2) is 9.97 Å². The largest absolute Gasteiger partial charge is 0.497 e. The summed E-state index contributed by atoms with van der Waals surface area (Å²) in [6, 6.07) is 34.2. The van der Waals surface area contributed by atoms with Crippen LogP contribution in [0.25, 0.3) is 11.2 Å². The van der Waals surface area contributed by atoms with Gasteiger partial charge in [0.15, 0.2) is 22.1 Å². The molecular weight excluding hydrogens is 655 g/mol. The fourth-order valence-corrected chi connectivity index (χ4v) is 6.47. The number of imidazole rings is 1. The molecule has 0 bridgehead atoms. The second-order valence-corrected chi connectivity index (χ2v) is 12.2. The molecule has 11 nitrogen and oxygen atoms in total. The number of hydrogen-bond acceptors (Lipinski definition) is 9. The first-order valence-electron chi connectivity index (χ1n) is 16.1. The van der Waals surface area contributed by atoms with Crippen LogP contribution in [0.4, 0.5) is 5.82 Å². The maximum Gasteiger partial charge on any atom is 0.256 e. The third kappa shape index (κ3) is 6.49. The predicted molar refractivity (Wildman–Crippen MR) is 190 cm³/mol. The molecule has 4 aromatic carbocycles. The van der Waals surface area contributed by atoms with Crippen molar-refractivity contribution in [2.75, 3.05) is 26.1 Å². The first-order chi connectivity index (χ1) is 24.4. The number of ether oxygens (including phenoxy) is 4. The van der Waals surface area contributed by atoms with E-state index in [9.17, 15) is 9.90 Å². The van der Waals surface area contributed by atoms with E-state index >= 15 is 0 Å². The molecule has 0 radical (unpaired) electrons. The van der Waals surface area contributed by atoms with Crippen molar-refractivity contribution in [3.63, 3.8) is 0 Å². The van der Waals surface area contributed by atoms with Crippen LogP contribution in [-0.2, 0) is 15.1 Å². The first-order valence-corrected chi connectivity index (χ1v) is 16.5. The lowest BCUT2D eigenvalue weighted by atomic mass is 9.80. The van der Waals surface area contributed by atoms with Gasteiger partial charge in [0.2, 0.25) is 0 Å². The summed E-state index contributed by atoms with van der Waals surface area (Å²) in [4.78, 5) is 28.4. The topological polar surface area (TPSA) is 144 Å². The Labute approximate surface area is 293 Å². The van der Waals surface area contributed by atoms with E-state index in [-0.39, 0.29) is 30.6 Å². The predicted octanol–water partition coefficient (Wildman–Crippen LogP) is 6.48. The molecule has 2 aromatic heterocycles. The molecule has 50 heavy (non-hydrogen) atoms. The number of carbonyl (C=O) groups excluding carboxylic acids is 1. The SMILES string of the molecule is COc1ccc(C(OC[C@H]2O[C@@H](c3nc(NC(=O)c4ccccc4)c4[nH]c(=S)[nH]c4n3)C[C@H]2O)(c2ccccc2)c2ccc(OC)cc2)cc1. The van der Waals surface area contributed by atoms with Crippen molar-refractivity contribution in [2.24, 2.45) is 0 Å². The maximum absolute atomic E-state index is 13.1. The van der Waals surface area contributed by atoms with Crippen LogP contribution in [-0.4, -0.2) is 64.0 Å². The van der Waals surface area contributed by atoms with E-state index in [1.165, 1.54) is 0 Å². The van der Waals surface area contributed by atoms with E-state index < -0.39 is 23.9 Å². The minimum Gasteiger partial charge on any atom is -0.497 e. The summed E-state index contributed by atoms with van der Waals surface area (Å²) >= 11 is 5.32. The van der Waals surface area contributed by atoms with E-state index in [2.05, 4.69) is 25.3 Å². The summed E-state index contributed by atoms with van der Waals surface area (Å²) < 4.78 is 24.7. The number of aromatic amines is 2. The molecule has 1 saturated heterocycles. The van der Waals surface area contributed by atoms with Crippen LogP contribution in [0.3, 0.4) is 0 Å². The van der Waals surface area contributed by atoms with Crippen LogP contribution in [0.2, 0.25) is 0 Å². The Morgan fingerprint density at radius 2 is 1.44 bits per heavy atom. The van der Waals surface area contributed by atoms with Crippen molar-refractivity contribution in [1.82, 2.24) is 19.9 Å². The minimum absolute atomic E-state index is 0.0249. The second kappa shape index (κ2) is 14.2. The number of nitrogens with one attached hydrogen (secondary N) is 3. The van der Waals surface area contributed by atoms with E-state index in [0.29, 0.717) is 33.0 Å². The number of fused-ring (bicyclic) bond motifs is 1. The second-order valence-electron chi connectivity index (χ2n) is 11.8. The average Bonchev–Trinajstić information content (AvgIpc) is 3.74. The Balaban J connectivity index is 1.21. The number of carbonyl (C=O) groups is 1. The van der Waals surface area contributed by atoms with Crippen LogP contribution >= 0.6 is 12.2 Å². The lowest BCUT2D eigenvalue weighted by Crippen LogP contribution is -2.38.